The Labute approximate surface area is 87.5 Å². The van der Waals surface area contributed by atoms with Crippen LogP contribution in [-0.4, -0.2) is 48.8 Å². The van der Waals surface area contributed by atoms with E-state index in [4.69, 9.17) is 0 Å². The molecule has 3 nitrogen and oxygen atoms in total. The lowest BCUT2D eigenvalue weighted by Gasteiger charge is -2.28. The Kier molecular flexibility index (Phi) is 4.35. The predicted octanol–water partition coefficient (Wildman–Crippen LogP) is 0.689. The predicted molar refractivity (Wildman–Crippen MR) is 59.4 cm³/mol. The molecule has 1 saturated heterocycles. The van der Waals surface area contributed by atoms with E-state index >= 15 is 0 Å². The van der Waals surface area contributed by atoms with Gasteiger partial charge in [0.25, 0.3) is 0 Å². The quantitative estimate of drug-likeness (QED) is 0.703. The average molecular weight is 200 g/mol. The van der Waals surface area contributed by atoms with E-state index < -0.39 is 0 Å². The van der Waals surface area contributed by atoms with E-state index in [9.17, 15) is 5.11 Å². The monoisotopic (exact) mass is 200 g/mol. The summed E-state index contributed by atoms with van der Waals surface area (Å²) in [6.45, 7) is 11.3. The molecule has 1 unspecified atom stereocenters. The first-order valence-corrected chi connectivity index (χ1v) is 5.64. The highest BCUT2D eigenvalue weighted by Gasteiger charge is 2.27. The van der Waals surface area contributed by atoms with Crippen molar-refractivity contribution >= 4 is 0 Å². The van der Waals surface area contributed by atoms with Gasteiger partial charge in [-0.05, 0) is 18.4 Å². The number of nitrogens with zero attached hydrogens (tertiary/aromatic N) is 1. The van der Waals surface area contributed by atoms with Gasteiger partial charge < -0.3 is 15.3 Å². The van der Waals surface area contributed by atoms with Crippen molar-refractivity contribution in [2.45, 2.75) is 33.2 Å². The second kappa shape index (κ2) is 5.10. The van der Waals surface area contributed by atoms with Crippen LogP contribution in [0.5, 0.6) is 0 Å². The van der Waals surface area contributed by atoms with E-state index in [-0.39, 0.29) is 12.6 Å². The first kappa shape index (κ1) is 12.0. The van der Waals surface area contributed by atoms with Crippen LogP contribution in [-0.2, 0) is 0 Å². The van der Waals surface area contributed by atoms with Crippen molar-refractivity contribution in [1.82, 2.24) is 10.2 Å². The zero-order chi connectivity index (χ0) is 10.6. The van der Waals surface area contributed by atoms with Crippen LogP contribution in [0.3, 0.4) is 0 Å². The third-order valence-electron chi connectivity index (χ3n) is 2.76. The van der Waals surface area contributed by atoms with Gasteiger partial charge in [-0.1, -0.05) is 20.8 Å². The topological polar surface area (TPSA) is 35.5 Å². The van der Waals surface area contributed by atoms with Crippen molar-refractivity contribution in [3.05, 3.63) is 0 Å². The molecule has 1 aliphatic rings. The minimum atomic E-state index is 0.246. The molecule has 0 amide bonds. The maximum Gasteiger partial charge on any atom is 0.0597 e. The zero-order valence-corrected chi connectivity index (χ0v) is 9.71. The van der Waals surface area contributed by atoms with Crippen molar-refractivity contribution in [3.8, 4) is 0 Å². The SMILES string of the molecule is CCCN1CC(CO)NCC(C)(C)C1. The molecule has 0 radical (unpaired) electrons. The molecule has 1 aliphatic heterocycles. The van der Waals surface area contributed by atoms with Crippen LogP contribution < -0.4 is 5.32 Å². The first-order chi connectivity index (χ1) is 6.57. The summed E-state index contributed by atoms with van der Waals surface area (Å²) >= 11 is 0. The fourth-order valence-electron chi connectivity index (χ4n) is 2.13. The highest BCUT2D eigenvalue weighted by atomic mass is 16.3. The first-order valence-electron chi connectivity index (χ1n) is 5.64. The Bertz CT molecular complexity index is 171. The Morgan fingerprint density at radius 3 is 2.79 bits per heavy atom. The van der Waals surface area contributed by atoms with Gasteiger partial charge in [-0.15, -0.1) is 0 Å². The number of nitrogens with one attached hydrogen (secondary N) is 1. The van der Waals surface area contributed by atoms with E-state index in [1.807, 2.05) is 0 Å². The maximum atomic E-state index is 9.18. The van der Waals surface area contributed by atoms with Crippen molar-refractivity contribution in [1.29, 1.82) is 0 Å². The normalized spacial score (nSPS) is 28.7. The van der Waals surface area contributed by atoms with Gasteiger partial charge in [0.1, 0.15) is 0 Å². The van der Waals surface area contributed by atoms with E-state index in [2.05, 4.69) is 31.0 Å². The van der Waals surface area contributed by atoms with Crippen LogP contribution in [0.15, 0.2) is 0 Å². The van der Waals surface area contributed by atoms with Gasteiger partial charge in [-0.2, -0.15) is 0 Å². The summed E-state index contributed by atoms with van der Waals surface area (Å²) in [6, 6.07) is 0.253. The summed E-state index contributed by atoms with van der Waals surface area (Å²) in [5, 5.41) is 12.6. The van der Waals surface area contributed by atoms with Gasteiger partial charge in [-0.3, -0.25) is 0 Å². The summed E-state index contributed by atoms with van der Waals surface area (Å²) < 4.78 is 0. The fraction of sp³-hybridized carbons (Fsp3) is 1.00. The molecule has 1 heterocycles. The molecule has 0 aliphatic carbocycles. The molecule has 0 bridgehead atoms. The van der Waals surface area contributed by atoms with Crippen LogP contribution >= 0.6 is 0 Å². The number of aliphatic hydroxyl groups is 1. The molecule has 1 rings (SSSR count). The molecule has 3 heteroatoms. The molecule has 0 saturated carbocycles. The Hall–Kier alpha value is -0.120. The number of hydrogen-bond acceptors (Lipinski definition) is 3. The highest BCUT2D eigenvalue weighted by molar-refractivity contribution is 4.85. The second-order valence-corrected chi connectivity index (χ2v) is 5.16. The molecule has 2 N–H and O–H groups in total. The summed E-state index contributed by atoms with van der Waals surface area (Å²) in [4.78, 5) is 2.46. The van der Waals surface area contributed by atoms with Gasteiger partial charge in [0.2, 0.25) is 0 Å². The Morgan fingerprint density at radius 1 is 1.50 bits per heavy atom. The third-order valence-corrected chi connectivity index (χ3v) is 2.76. The standard InChI is InChI=1S/C11H24N2O/c1-4-5-13-6-10(7-14)12-8-11(2,3)9-13/h10,12,14H,4-9H2,1-3H3. The van der Waals surface area contributed by atoms with Gasteiger partial charge in [0.05, 0.1) is 6.61 Å². The molecule has 1 fully saturated rings. The van der Waals surface area contributed by atoms with Crippen LogP contribution in [0.4, 0.5) is 0 Å². The lowest BCUT2D eigenvalue weighted by Crippen LogP contribution is -2.40. The zero-order valence-electron chi connectivity index (χ0n) is 9.71. The molecule has 0 aromatic heterocycles. The Balaban J connectivity index is 2.55. The number of aliphatic hydroxyl groups excluding tert-OH is 1. The smallest absolute Gasteiger partial charge is 0.0597 e. The van der Waals surface area contributed by atoms with E-state index in [0.717, 1.165) is 26.2 Å². The van der Waals surface area contributed by atoms with Crippen molar-refractivity contribution in [2.24, 2.45) is 5.41 Å². The van der Waals surface area contributed by atoms with Crippen LogP contribution in [0.1, 0.15) is 27.2 Å². The van der Waals surface area contributed by atoms with E-state index in [1.165, 1.54) is 6.42 Å². The molecule has 84 valence electrons. The summed E-state index contributed by atoms with van der Waals surface area (Å²) in [7, 11) is 0. The van der Waals surface area contributed by atoms with Gasteiger partial charge >= 0.3 is 0 Å². The molecule has 0 aromatic rings. The summed E-state index contributed by atoms with van der Waals surface area (Å²) in [6.07, 6.45) is 1.19. The van der Waals surface area contributed by atoms with Crippen molar-refractivity contribution < 1.29 is 5.11 Å². The van der Waals surface area contributed by atoms with Crippen LogP contribution in [0.2, 0.25) is 0 Å². The average Bonchev–Trinajstić information content (AvgIpc) is 2.24. The third kappa shape index (κ3) is 3.56. The lowest BCUT2D eigenvalue weighted by molar-refractivity contribution is 0.183. The van der Waals surface area contributed by atoms with Gasteiger partial charge in [-0.25, -0.2) is 0 Å². The number of rotatable bonds is 3. The molecular weight excluding hydrogens is 176 g/mol. The minimum absolute atomic E-state index is 0.246. The number of hydrogen-bond donors (Lipinski definition) is 2. The van der Waals surface area contributed by atoms with Crippen molar-refractivity contribution in [2.75, 3.05) is 32.8 Å². The van der Waals surface area contributed by atoms with Gasteiger partial charge in [0.15, 0.2) is 0 Å². The van der Waals surface area contributed by atoms with E-state index in [1.54, 1.807) is 0 Å². The molecule has 0 spiro atoms. The second-order valence-electron chi connectivity index (χ2n) is 5.16. The largest absolute Gasteiger partial charge is 0.395 e. The van der Waals surface area contributed by atoms with E-state index in [0.29, 0.717) is 5.41 Å². The van der Waals surface area contributed by atoms with Crippen LogP contribution in [0.25, 0.3) is 0 Å². The molecule has 1 atom stereocenters. The summed E-state index contributed by atoms with van der Waals surface area (Å²) in [5.41, 5.74) is 0.319. The fourth-order valence-corrected chi connectivity index (χ4v) is 2.13. The maximum absolute atomic E-state index is 9.18. The molecular formula is C11H24N2O. The van der Waals surface area contributed by atoms with Gasteiger partial charge in [0, 0.05) is 25.7 Å². The molecule has 14 heavy (non-hydrogen) atoms. The van der Waals surface area contributed by atoms with Crippen LogP contribution in [0, 0.1) is 5.41 Å². The Morgan fingerprint density at radius 2 is 2.21 bits per heavy atom. The van der Waals surface area contributed by atoms with Crippen molar-refractivity contribution in [3.63, 3.8) is 0 Å². The minimum Gasteiger partial charge on any atom is -0.395 e. The summed E-state index contributed by atoms with van der Waals surface area (Å²) in [5.74, 6) is 0. The lowest BCUT2D eigenvalue weighted by atomic mass is 9.93. The molecule has 0 aromatic carbocycles. The highest BCUT2D eigenvalue weighted by Crippen LogP contribution is 2.19.